The lowest BCUT2D eigenvalue weighted by Crippen LogP contribution is -2.06. The van der Waals surface area contributed by atoms with Crippen LogP contribution in [0.3, 0.4) is 0 Å². The van der Waals surface area contributed by atoms with E-state index in [0.29, 0.717) is 26.1 Å². The van der Waals surface area contributed by atoms with Gasteiger partial charge in [0.2, 0.25) is 0 Å². The first-order valence-corrected chi connectivity index (χ1v) is 21.3. The number of hydrogen-bond donors (Lipinski definition) is 0. The normalized spacial score (nSPS) is 11.6. The fourth-order valence-electron chi connectivity index (χ4n) is 6.11. The number of ether oxygens (including phenoxy) is 2. The van der Waals surface area contributed by atoms with Crippen LogP contribution in [0.25, 0.3) is 0 Å². The molecule has 0 saturated heterocycles. The minimum atomic E-state index is -0.0313. The summed E-state index contributed by atoms with van der Waals surface area (Å²) in [4.78, 5) is 23.9. The molecule has 0 amide bonds. The van der Waals surface area contributed by atoms with Gasteiger partial charge in [0.1, 0.15) is 0 Å². The largest absolute Gasteiger partial charge is 0.466 e. The van der Waals surface area contributed by atoms with Gasteiger partial charge in [-0.1, -0.05) is 167 Å². The van der Waals surface area contributed by atoms with Gasteiger partial charge in [-0.05, 0) is 77.0 Å². The first kappa shape index (κ1) is 46.4. The van der Waals surface area contributed by atoms with Crippen LogP contribution in [0.1, 0.15) is 232 Å². The van der Waals surface area contributed by atoms with Crippen LogP contribution in [0.15, 0.2) is 24.3 Å². The van der Waals surface area contributed by atoms with Crippen LogP contribution in [-0.4, -0.2) is 25.2 Å². The third-order valence-electron chi connectivity index (χ3n) is 9.35. The standard InChI is InChI=1S/C44H82O4/c1-3-5-7-9-11-13-15-17-19-21-23-25-27-31-35-39-43(45)47-41-37-33-29-30-34-38-42-48-44(46)40-36-32-28-26-24-22-20-18-16-14-12-10-8-6-4-2/h17-20H,3-16,21-42H2,1-2H3/b19-17-,20-18-. The van der Waals surface area contributed by atoms with Crippen molar-refractivity contribution in [2.45, 2.75) is 232 Å². The van der Waals surface area contributed by atoms with E-state index >= 15 is 0 Å². The molecule has 282 valence electrons. The molecule has 4 heteroatoms. The molecule has 0 N–H and O–H groups in total. The summed E-state index contributed by atoms with van der Waals surface area (Å²) in [6.45, 7) is 5.65. The van der Waals surface area contributed by atoms with Crippen LogP contribution in [0, 0.1) is 0 Å². The molecule has 0 aromatic rings. The molecule has 48 heavy (non-hydrogen) atoms. The van der Waals surface area contributed by atoms with Crippen LogP contribution in [0.2, 0.25) is 0 Å². The van der Waals surface area contributed by atoms with E-state index in [9.17, 15) is 9.59 Å². The van der Waals surface area contributed by atoms with Crippen LogP contribution >= 0.6 is 0 Å². The van der Waals surface area contributed by atoms with E-state index in [2.05, 4.69) is 38.2 Å². The highest BCUT2D eigenvalue weighted by Crippen LogP contribution is 2.13. The van der Waals surface area contributed by atoms with E-state index < -0.39 is 0 Å². The molecule has 0 radical (unpaired) electrons. The molecule has 0 atom stereocenters. The Morgan fingerprint density at radius 3 is 0.896 bits per heavy atom. The van der Waals surface area contributed by atoms with Crippen LogP contribution in [0.5, 0.6) is 0 Å². The fraction of sp³-hybridized carbons (Fsp3) is 0.864. The molecule has 0 heterocycles. The third kappa shape index (κ3) is 40.6. The number of allylic oxidation sites excluding steroid dienone is 4. The molecule has 0 aromatic heterocycles. The Morgan fingerprint density at radius 1 is 0.333 bits per heavy atom. The van der Waals surface area contributed by atoms with Gasteiger partial charge in [0.25, 0.3) is 0 Å². The Labute approximate surface area is 300 Å². The predicted molar refractivity (Wildman–Crippen MR) is 209 cm³/mol. The van der Waals surface area contributed by atoms with Gasteiger partial charge in [-0.25, -0.2) is 0 Å². The monoisotopic (exact) mass is 675 g/mol. The SMILES string of the molecule is CCCCCCCC/C=C\CCCCCCCC(=O)OCCCCCCCCOC(=O)CCCCCCC/C=C\CCCCCCCC. The topological polar surface area (TPSA) is 52.6 Å². The smallest absolute Gasteiger partial charge is 0.305 e. The summed E-state index contributed by atoms with van der Waals surface area (Å²) in [6.07, 6.45) is 50.0. The van der Waals surface area contributed by atoms with Crippen LogP contribution in [-0.2, 0) is 19.1 Å². The van der Waals surface area contributed by atoms with Gasteiger partial charge in [0, 0.05) is 12.8 Å². The van der Waals surface area contributed by atoms with Crippen molar-refractivity contribution in [2.24, 2.45) is 0 Å². The Hall–Kier alpha value is -1.58. The van der Waals surface area contributed by atoms with Crippen molar-refractivity contribution in [1.29, 1.82) is 0 Å². The summed E-state index contributed by atoms with van der Waals surface area (Å²) in [5.74, 6) is -0.0626. The average molecular weight is 675 g/mol. The maximum atomic E-state index is 12.0. The van der Waals surface area contributed by atoms with Crippen molar-refractivity contribution in [2.75, 3.05) is 13.2 Å². The number of rotatable bonds is 39. The molecular formula is C44H82O4. The van der Waals surface area contributed by atoms with Gasteiger partial charge in [0.05, 0.1) is 13.2 Å². The Morgan fingerprint density at radius 2 is 0.583 bits per heavy atom. The van der Waals surface area contributed by atoms with E-state index in [1.165, 1.54) is 141 Å². The van der Waals surface area contributed by atoms with E-state index in [-0.39, 0.29) is 11.9 Å². The van der Waals surface area contributed by atoms with E-state index in [1.807, 2.05) is 0 Å². The Bertz CT molecular complexity index is 653. The summed E-state index contributed by atoms with van der Waals surface area (Å²) in [7, 11) is 0. The zero-order chi connectivity index (χ0) is 34.9. The molecule has 0 bridgehead atoms. The third-order valence-corrected chi connectivity index (χ3v) is 9.35. The maximum Gasteiger partial charge on any atom is 0.305 e. The fourth-order valence-corrected chi connectivity index (χ4v) is 6.11. The van der Waals surface area contributed by atoms with E-state index in [0.717, 1.165) is 64.2 Å². The average Bonchev–Trinajstić information content (AvgIpc) is 3.09. The van der Waals surface area contributed by atoms with Gasteiger partial charge < -0.3 is 9.47 Å². The molecule has 4 nitrogen and oxygen atoms in total. The Kier molecular flexibility index (Phi) is 40.2. The van der Waals surface area contributed by atoms with Gasteiger partial charge in [-0.3, -0.25) is 9.59 Å². The zero-order valence-electron chi connectivity index (χ0n) is 32.4. The van der Waals surface area contributed by atoms with E-state index in [1.54, 1.807) is 0 Å². The summed E-state index contributed by atoms with van der Waals surface area (Å²) >= 11 is 0. The number of hydrogen-bond acceptors (Lipinski definition) is 4. The van der Waals surface area contributed by atoms with Crippen molar-refractivity contribution < 1.29 is 19.1 Å². The van der Waals surface area contributed by atoms with Crippen LogP contribution in [0.4, 0.5) is 0 Å². The first-order valence-electron chi connectivity index (χ1n) is 21.3. The van der Waals surface area contributed by atoms with Gasteiger partial charge in [-0.2, -0.15) is 0 Å². The van der Waals surface area contributed by atoms with Gasteiger partial charge in [0.15, 0.2) is 0 Å². The minimum absolute atomic E-state index is 0.0313. The second-order valence-electron chi connectivity index (χ2n) is 14.2. The molecule has 0 rings (SSSR count). The van der Waals surface area contributed by atoms with Crippen LogP contribution < -0.4 is 0 Å². The lowest BCUT2D eigenvalue weighted by molar-refractivity contribution is -0.144. The number of carbonyl (C=O) groups is 2. The second kappa shape index (κ2) is 41.6. The minimum Gasteiger partial charge on any atom is -0.466 e. The highest BCUT2D eigenvalue weighted by atomic mass is 16.5. The summed E-state index contributed by atoms with van der Waals surface area (Å²) in [5.41, 5.74) is 0. The van der Waals surface area contributed by atoms with Crippen molar-refractivity contribution in [3.63, 3.8) is 0 Å². The van der Waals surface area contributed by atoms with Crippen molar-refractivity contribution >= 4 is 11.9 Å². The molecule has 0 saturated carbocycles. The Balaban J connectivity index is 3.29. The van der Waals surface area contributed by atoms with E-state index in [4.69, 9.17) is 9.47 Å². The van der Waals surface area contributed by atoms with Crippen molar-refractivity contribution in [1.82, 2.24) is 0 Å². The summed E-state index contributed by atoms with van der Waals surface area (Å²) in [5, 5.41) is 0. The predicted octanol–water partition coefficient (Wildman–Crippen LogP) is 14.5. The molecule has 0 aliphatic heterocycles. The highest BCUT2D eigenvalue weighted by Gasteiger charge is 2.04. The quantitative estimate of drug-likeness (QED) is 0.0370. The molecule has 0 aliphatic carbocycles. The first-order chi connectivity index (χ1) is 23.7. The zero-order valence-corrected chi connectivity index (χ0v) is 32.4. The van der Waals surface area contributed by atoms with Gasteiger partial charge >= 0.3 is 11.9 Å². The summed E-state index contributed by atoms with van der Waals surface area (Å²) in [6, 6.07) is 0. The molecule has 0 aromatic carbocycles. The van der Waals surface area contributed by atoms with Gasteiger partial charge in [-0.15, -0.1) is 0 Å². The number of esters is 2. The maximum absolute atomic E-state index is 12.0. The summed E-state index contributed by atoms with van der Waals surface area (Å²) < 4.78 is 10.8. The number of carbonyl (C=O) groups excluding carboxylic acids is 2. The van der Waals surface area contributed by atoms with Crippen molar-refractivity contribution in [3.05, 3.63) is 24.3 Å². The number of unbranched alkanes of at least 4 members (excludes halogenated alkanes) is 27. The molecular weight excluding hydrogens is 592 g/mol. The lowest BCUT2D eigenvalue weighted by atomic mass is 10.1. The molecule has 0 unspecified atom stereocenters. The van der Waals surface area contributed by atoms with Crippen molar-refractivity contribution in [3.8, 4) is 0 Å². The lowest BCUT2D eigenvalue weighted by Gasteiger charge is -2.06. The highest BCUT2D eigenvalue weighted by molar-refractivity contribution is 5.69. The molecule has 0 spiro atoms. The second-order valence-corrected chi connectivity index (χ2v) is 14.2. The molecule has 0 aliphatic rings. The molecule has 0 fully saturated rings.